The van der Waals surface area contributed by atoms with Crippen molar-refractivity contribution in [2.45, 2.75) is 6.42 Å². The Morgan fingerprint density at radius 1 is 1.35 bits per heavy atom. The molecule has 1 N–H and O–H groups in total. The molecule has 4 nitrogen and oxygen atoms in total. The van der Waals surface area contributed by atoms with Gasteiger partial charge in [0.25, 0.3) is 0 Å². The highest BCUT2D eigenvalue weighted by molar-refractivity contribution is 8.13. The van der Waals surface area contributed by atoms with Crippen LogP contribution in [0.2, 0.25) is 0 Å². The third-order valence-electron chi connectivity index (χ3n) is 2.73. The number of hydrogen-bond acceptors (Lipinski definition) is 3. The van der Waals surface area contributed by atoms with E-state index >= 15 is 0 Å². The largest absolute Gasteiger partial charge is 0.326 e. The molecule has 0 saturated carbocycles. The highest BCUT2D eigenvalue weighted by atomic mass is 32.2. The molecule has 1 aromatic carbocycles. The van der Waals surface area contributed by atoms with Crippen LogP contribution < -0.4 is 0 Å². The quantitative estimate of drug-likeness (QED) is 0.893. The van der Waals surface area contributed by atoms with E-state index < -0.39 is 0 Å². The Bertz CT molecular complexity index is 421. The van der Waals surface area contributed by atoms with E-state index in [1.54, 1.807) is 11.9 Å². The predicted octanol–water partition coefficient (Wildman–Crippen LogP) is 2.22. The number of thioether (sulfide) groups is 1. The van der Waals surface area contributed by atoms with Gasteiger partial charge in [0.2, 0.25) is 0 Å². The molecule has 0 radical (unpaired) electrons. The molecule has 0 spiro atoms. The van der Waals surface area contributed by atoms with Gasteiger partial charge in [-0.2, -0.15) is 0 Å². The molecular formula is C12H15N3OS. The molecule has 0 aliphatic carbocycles. The fourth-order valence-corrected chi connectivity index (χ4v) is 2.45. The van der Waals surface area contributed by atoms with E-state index in [4.69, 9.17) is 5.41 Å². The Labute approximate surface area is 105 Å². The van der Waals surface area contributed by atoms with Crippen LogP contribution in [0.25, 0.3) is 0 Å². The molecule has 1 saturated heterocycles. The van der Waals surface area contributed by atoms with Crippen LogP contribution in [-0.4, -0.2) is 40.5 Å². The van der Waals surface area contributed by atoms with Gasteiger partial charge in [-0.25, -0.2) is 4.79 Å². The first-order valence-electron chi connectivity index (χ1n) is 5.46. The van der Waals surface area contributed by atoms with Gasteiger partial charge in [-0.15, -0.1) is 0 Å². The lowest BCUT2D eigenvalue weighted by Crippen LogP contribution is -2.48. The molecule has 1 aromatic rings. The Hall–Kier alpha value is -1.49. The molecule has 0 atom stereocenters. The molecule has 1 aliphatic heterocycles. The van der Waals surface area contributed by atoms with Crippen LogP contribution in [0.4, 0.5) is 4.79 Å². The van der Waals surface area contributed by atoms with Crippen molar-refractivity contribution in [3.05, 3.63) is 35.9 Å². The van der Waals surface area contributed by atoms with Gasteiger partial charge in [0.05, 0.1) is 5.88 Å². The zero-order valence-electron chi connectivity index (χ0n) is 9.72. The van der Waals surface area contributed by atoms with Crippen molar-refractivity contribution in [3.8, 4) is 0 Å². The van der Waals surface area contributed by atoms with Gasteiger partial charge >= 0.3 is 6.03 Å². The first kappa shape index (κ1) is 12.0. The number of nitrogens with zero attached hydrogens (tertiary/aromatic N) is 2. The van der Waals surface area contributed by atoms with E-state index in [2.05, 4.69) is 12.1 Å². The number of benzene rings is 1. The molecule has 2 rings (SSSR count). The first-order valence-corrected chi connectivity index (χ1v) is 6.45. The molecular weight excluding hydrogens is 234 g/mol. The maximum Gasteiger partial charge on any atom is 0.326 e. The third-order valence-corrected chi connectivity index (χ3v) is 3.72. The maximum atomic E-state index is 11.9. The van der Waals surface area contributed by atoms with Crippen molar-refractivity contribution in [2.24, 2.45) is 0 Å². The van der Waals surface area contributed by atoms with Gasteiger partial charge < -0.3 is 4.90 Å². The number of amides is 2. The Balaban J connectivity index is 1.92. The Morgan fingerprint density at radius 3 is 2.76 bits per heavy atom. The van der Waals surface area contributed by atoms with E-state index in [1.165, 1.54) is 22.2 Å². The molecule has 1 heterocycles. The molecule has 0 unspecified atom stereocenters. The van der Waals surface area contributed by atoms with E-state index in [0.717, 1.165) is 6.42 Å². The average molecular weight is 249 g/mol. The summed E-state index contributed by atoms with van der Waals surface area (Å²) in [6.45, 7) is 0.702. The summed E-state index contributed by atoms with van der Waals surface area (Å²) in [4.78, 5) is 15.0. The second-order valence-corrected chi connectivity index (χ2v) is 4.85. The number of hydrogen-bond donors (Lipinski definition) is 1. The lowest BCUT2D eigenvalue weighted by atomic mass is 10.1. The maximum absolute atomic E-state index is 11.9. The lowest BCUT2D eigenvalue weighted by Gasteiger charge is -2.32. The van der Waals surface area contributed by atoms with Crippen molar-refractivity contribution in [1.29, 1.82) is 5.41 Å². The summed E-state index contributed by atoms with van der Waals surface area (Å²) < 4.78 is 0. The zero-order chi connectivity index (χ0) is 12.3. The summed E-state index contributed by atoms with van der Waals surface area (Å²) in [6.07, 6.45) is 0.855. The minimum Gasteiger partial charge on any atom is -0.314 e. The van der Waals surface area contributed by atoms with Crippen molar-refractivity contribution >= 4 is 23.0 Å². The van der Waals surface area contributed by atoms with Crippen LogP contribution in [0.3, 0.4) is 0 Å². The topological polar surface area (TPSA) is 47.4 Å². The second kappa shape index (κ2) is 5.23. The van der Waals surface area contributed by atoms with Crippen LogP contribution in [0, 0.1) is 5.41 Å². The third kappa shape index (κ3) is 2.79. The standard InChI is InChI=1S/C12H15N3OS/c1-14-11(13)17-9-15(12(14)16)8-7-10-5-3-2-4-6-10/h2-6,13H,7-9H2,1H3. The number of urea groups is 1. The number of nitrogens with one attached hydrogen (secondary N) is 1. The van der Waals surface area contributed by atoms with E-state index in [9.17, 15) is 4.79 Å². The number of carbonyl (C=O) groups excluding carboxylic acids is 1. The molecule has 90 valence electrons. The van der Waals surface area contributed by atoms with Gasteiger partial charge in [0.15, 0.2) is 5.17 Å². The smallest absolute Gasteiger partial charge is 0.314 e. The van der Waals surface area contributed by atoms with Gasteiger partial charge in [-0.05, 0) is 12.0 Å². The fraction of sp³-hybridized carbons (Fsp3) is 0.333. The average Bonchev–Trinajstić information content (AvgIpc) is 2.36. The van der Waals surface area contributed by atoms with Gasteiger partial charge in [0.1, 0.15) is 0 Å². The number of amidine groups is 1. The van der Waals surface area contributed by atoms with Gasteiger partial charge in [0, 0.05) is 13.6 Å². The van der Waals surface area contributed by atoms with Crippen molar-refractivity contribution in [1.82, 2.24) is 9.80 Å². The van der Waals surface area contributed by atoms with Crippen molar-refractivity contribution in [3.63, 3.8) is 0 Å². The second-order valence-electron chi connectivity index (χ2n) is 3.92. The lowest BCUT2D eigenvalue weighted by molar-refractivity contribution is 0.189. The number of carbonyl (C=O) groups is 1. The predicted molar refractivity (Wildman–Crippen MR) is 70.2 cm³/mol. The fourth-order valence-electron chi connectivity index (χ4n) is 1.66. The molecule has 2 amide bonds. The molecule has 17 heavy (non-hydrogen) atoms. The minimum absolute atomic E-state index is 0.0790. The van der Waals surface area contributed by atoms with Gasteiger partial charge in [-0.1, -0.05) is 42.1 Å². The highest BCUT2D eigenvalue weighted by Gasteiger charge is 2.26. The minimum atomic E-state index is -0.0790. The van der Waals surface area contributed by atoms with Crippen molar-refractivity contribution < 1.29 is 4.79 Å². The van der Waals surface area contributed by atoms with Crippen molar-refractivity contribution in [2.75, 3.05) is 19.5 Å². The molecule has 1 fully saturated rings. The number of rotatable bonds is 3. The van der Waals surface area contributed by atoms with E-state index in [-0.39, 0.29) is 6.03 Å². The van der Waals surface area contributed by atoms with E-state index in [0.29, 0.717) is 17.6 Å². The zero-order valence-corrected chi connectivity index (χ0v) is 10.5. The van der Waals surface area contributed by atoms with Crippen LogP contribution in [0.5, 0.6) is 0 Å². The highest BCUT2D eigenvalue weighted by Crippen LogP contribution is 2.18. The summed E-state index contributed by atoms with van der Waals surface area (Å²) in [6, 6.07) is 10.0. The Morgan fingerprint density at radius 2 is 2.06 bits per heavy atom. The van der Waals surface area contributed by atoms with Crippen LogP contribution >= 0.6 is 11.8 Å². The summed E-state index contributed by atoms with van der Waals surface area (Å²) >= 11 is 1.39. The normalized spacial score (nSPS) is 16.5. The molecule has 0 aromatic heterocycles. The van der Waals surface area contributed by atoms with Gasteiger partial charge in [-0.3, -0.25) is 10.3 Å². The summed E-state index contributed by atoms with van der Waals surface area (Å²) in [5.74, 6) is 0.578. The van der Waals surface area contributed by atoms with E-state index in [1.807, 2.05) is 18.2 Å². The SMILES string of the molecule is CN1C(=N)SCN(CCc2ccccc2)C1=O. The summed E-state index contributed by atoms with van der Waals surface area (Å²) in [7, 11) is 1.65. The summed E-state index contributed by atoms with van der Waals surface area (Å²) in [5, 5.41) is 7.88. The molecule has 5 heteroatoms. The van der Waals surface area contributed by atoms with Crippen LogP contribution in [-0.2, 0) is 6.42 Å². The monoisotopic (exact) mass is 249 g/mol. The summed E-state index contributed by atoms with van der Waals surface area (Å²) in [5.41, 5.74) is 1.23. The molecule has 1 aliphatic rings. The first-order chi connectivity index (χ1) is 8.18. The van der Waals surface area contributed by atoms with Crippen LogP contribution in [0.1, 0.15) is 5.56 Å². The van der Waals surface area contributed by atoms with Crippen LogP contribution in [0.15, 0.2) is 30.3 Å². The molecule has 0 bridgehead atoms. The Kier molecular flexibility index (Phi) is 3.68.